The molecule has 0 radical (unpaired) electrons. The van der Waals surface area contributed by atoms with Crippen LogP contribution in [0.2, 0.25) is 0 Å². The maximum atomic E-state index is 11.4. The van der Waals surface area contributed by atoms with Gasteiger partial charge in [-0.1, -0.05) is 12.1 Å². The summed E-state index contributed by atoms with van der Waals surface area (Å²) in [6, 6.07) is 7.55. The van der Waals surface area contributed by atoms with Crippen LogP contribution < -0.4 is 5.73 Å². The second-order valence-electron chi connectivity index (χ2n) is 3.51. The number of benzene rings is 1. The van der Waals surface area contributed by atoms with Gasteiger partial charge in [0.05, 0.1) is 6.54 Å². The van der Waals surface area contributed by atoms with Gasteiger partial charge in [-0.2, -0.15) is 0 Å². The fourth-order valence-corrected chi connectivity index (χ4v) is 1.54. The van der Waals surface area contributed by atoms with E-state index in [0.717, 1.165) is 16.5 Å². The number of Topliss-reactive ketones (excluding diaryl/α,β-unsaturated/α-hetero) is 1. The molecule has 0 atom stereocenters. The number of nitrogens with two attached hydrogens (primary N) is 1. The average molecular weight is 200 g/mol. The van der Waals surface area contributed by atoms with E-state index in [2.05, 4.69) is 4.98 Å². The average Bonchev–Trinajstić information content (AvgIpc) is 2.27. The Kier molecular flexibility index (Phi) is 2.47. The smallest absolute Gasteiger partial charge is 0.176 e. The van der Waals surface area contributed by atoms with Gasteiger partial charge < -0.3 is 5.73 Å². The maximum Gasteiger partial charge on any atom is 0.176 e. The summed E-state index contributed by atoms with van der Waals surface area (Å²) in [5.41, 5.74) is 6.93. The lowest BCUT2D eigenvalue weighted by atomic mass is 10.1. The van der Waals surface area contributed by atoms with Gasteiger partial charge in [-0.3, -0.25) is 9.78 Å². The Labute approximate surface area is 87.9 Å². The van der Waals surface area contributed by atoms with Crippen molar-refractivity contribution >= 4 is 16.6 Å². The zero-order chi connectivity index (χ0) is 10.8. The first kappa shape index (κ1) is 9.80. The second kappa shape index (κ2) is 3.79. The Morgan fingerprint density at radius 2 is 2.13 bits per heavy atom. The molecule has 0 spiro atoms. The number of hydrogen-bond donors (Lipinski definition) is 1. The molecule has 1 heterocycles. The van der Waals surface area contributed by atoms with Gasteiger partial charge >= 0.3 is 0 Å². The molecule has 0 saturated heterocycles. The third-order valence-corrected chi connectivity index (χ3v) is 2.37. The lowest BCUT2D eigenvalue weighted by molar-refractivity contribution is 0.100. The molecule has 3 nitrogen and oxygen atoms in total. The largest absolute Gasteiger partial charge is 0.324 e. The van der Waals surface area contributed by atoms with E-state index in [4.69, 9.17) is 5.73 Å². The van der Waals surface area contributed by atoms with Crippen LogP contribution in [-0.2, 0) is 0 Å². The number of aromatic nitrogens is 1. The van der Waals surface area contributed by atoms with E-state index < -0.39 is 0 Å². The molecule has 1 aromatic carbocycles. The zero-order valence-electron chi connectivity index (χ0n) is 8.53. The standard InChI is InChI=1S/C12H12N2O/c1-8-4-9-2-3-10(12(15)6-13)5-11(9)7-14-8/h2-5,7H,6,13H2,1H3. The first-order valence-corrected chi connectivity index (χ1v) is 4.80. The summed E-state index contributed by atoms with van der Waals surface area (Å²) in [6.07, 6.45) is 1.78. The summed E-state index contributed by atoms with van der Waals surface area (Å²) in [6.45, 7) is 1.99. The van der Waals surface area contributed by atoms with Crippen LogP contribution in [0.4, 0.5) is 0 Å². The van der Waals surface area contributed by atoms with Crippen molar-refractivity contribution in [2.45, 2.75) is 6.92 Å². The van der Waals surface area contributed by atoms with Crippen molar-refractivity contribution in [2.24, 2.45) is 5.73 Å². The molecule has 3 heteroatoms. The molecule has 0 amide bonds. The lowest BCUT2D eigenvalue weighted by Gasteiger charge is -2.02. The fraction of sp³-hybridized carbons (Fsp3) is 0.167. The molecule has 76 valence electrons. The summed E-state index contributed by atoms with van der Waals surface area (Å²) in [5, 5.41) is 2.07. The highest BCUT2D eigenvalue weighted by atomic mass is 16.1. The maximum absolute atomic E-state index is 11.4. The molecular formula is C12H12N2O. The van der Waals surface area contributed by atoms with Crippen LogP contribution in [0.1, 0.15) is 16.1 Å². The fourth-order valence-electron chi connectivity index (χ4n) is 1.54. The van der Waals surface area contributed by atoms with Crippen LogP contribution in [-0.4, -0.2) is 17.3 Å². The van der Waals surface area contributed by atoms with Crippen molar-refractivity contribution < 1.29 is 4.79 Å². The summed E-state index contributed by atoms with van der Waals surface area (Å²) in [7, 11) is 0. The normalized spacial score (nSPS) is 10.5. The minimum absolute atomic E-state index is 0.0440. The van der Waals surface area contributed by atoms with E-state index >= 15 is 0 Å². The van der Waals surface area contributed by atoms with Gasteiger partial charge in [0.15, 0.2) is 5.78 Å². The van der Waals surface area contributed by atoms with Gasteiger partial charge in [-0.15, -0.1) is 0 Å². The molecule has 0 unspecified atom stereocenters. The van der Waals surface area contributed by atoms with Crippen molar-refractivity contribution in [3.63, 3.8) is 0 Å². The van der Waals surface area contributed by atoms with E-state index in [-0.39, 0.29) is 12.3 Å². The van der Waals surface area contributed by atoms with Gasteiger partial charge in [0.25, 0.3) is 0 Å². The Morgan fingerprint density at radius 1 is 1.33 bits per heavy atom. The predicted molar refractivity (Wildman–Crippen MR) is 59.9 cm³/mol. The van der Waals surface area contributed by atoms with Crippen LogP contribution in [0.15, 0.2) is 30.5 Å². The minimum atomic E-state index is -0.0440. The summed E-state index contributed by atoms with van der Waals surface area (Å²) >= 11 is 0. The van der Waals surface area contributed by atoms with E-state index in [1.54, 1.807) is 12.3 Å². The molecule has 15 heavy (non-hydrogen) atoms. The number of carbonyl (C=O) groups is 1. The molecule has 0 aliphatic rings. The molecule has 0 saturated carbocycles. The third kappa shape index (κ3) is 1.87. The monoisotopic (exact) mass is 200 g/mol. The van der Waals surface area contributed by atoms with Gasteiger partial charge in [-0.25, -0.2) is 0 Å². The summed E-state index contributed by atoms with van der Waals surface area (Å²) in [4.78, 5) is 15.6. The summed E-state index contributed by atoms with van der Waals surface area (Å²) in [5.74, 6) is -0.0440. The van der Waals surface area contributed by atoms with E-state index in [1.807, 2.05) is 25.1 Å². The molecule has 0 fully saturated rings. The lowest BCUT2D eigenvalue weighted by Crippen LogP contribution is -2.13. The molecule has 1 aromatic heterocycles. The second-order valence-corrected chi connectivity index (χ2v) is 3.51. The predicted octanol–water partition coefficient (Wildman–Crippen LogP) is 1.68. The molecule has 0 aliphatic heterocycles. The number of pyridine rings is 1. The Morgan fingerprint density at radius 3 is 2.87 bits per heavy atom. The van der Waals surface area contributed by atoms with Crippen LogP contribution in [0.25, 0.3) is 10.8 Å². The molecule has 2 N–H and O–H groups in total. The Bertz CT molecular complexity index is 520. The first-order valence-electron chi connectivity index (χ1n) is 4.80. The minimum Gasteiger partial charge on any atom is -0.324 e. The number of aryl methyl sites for hydroxylation is 1. The zero-order valence-corrected chi connectivity index (χ0v) is 8.53. The highest BCUT2D eigenvalue weighted by Crippen LogP contribution is 2.16. The van der Waals surface area contributed by atoms with Gasteiger partial charge in [0, 0.05) is 22.8 Å². The molecular weight excluding hydrogens is 188 g/mol. The number of carbonyl (C=O) groups excluding carboxylic acids is 1. The van der Waals surface area contributed by atoms with Gasteiger partial charge in [-0.05, 0) is 24.4 Å². The van der Waals surface area contributed by atoms with Gasteiger partial charge in [0.2, 0.25) is 0 Å². The van der Waals surface area contributed by atoms with Crippen molar-refractivity contribution in [3.8, 4) is 0 Å². The molecule has 2 aromatic rings. The molecule has 0 aliphatic carbocycles. The van der Waals surface area contributed by atoms with Crippen LogP contribution >= 0.6 is 0 Å². The molecule has 2 rings (SSSR count). The topological polar surface area (TPSA) is 56.0 Å². The van der Waals surface area contributed by atoms with Crippen LogP contribution in [0.5, 0.6) is 0 Å². The highest BCUT2D eigenvalue weighted by molar-refractivity contribution is 6.00. The van der Waals surface area contributed by atoms with E-state index in [9.17, 15) is 4.79 Å². The SMILES string of the molecule is Cc1cc2ccc(C(=O)CN)cc2cn1. The first-order chi connectivity index (χ1) is 7.20. The third-order valence-electron chi connectivity index (χ3n) is 2.37. The number of rotatable bonds is 2. The number of fused-ring (bicyclic) bond motifs is 1. The quantitative estimate of drug-likeness (QED) is 0.750. The Hall–Kier alpha value is -1.74. The van der Waals surface area contributed by atoms with Crippen LogP contribution in [0, 0.1) is 6.92 Å². The summed E-state index contributed by atoms with van der Waals surface area (Å²) < 4.78 is 0. The number of hydrogen-bond acceptors (Lipinski definition) is 3. The number of nitrogens with zero attached hydrogens (tertiary/aromatic N) is 1. The van der Waals surface area contributed by atoms with E-state index in [0.29, 0.717) is 5.56 Å². The van der Waals surface area contributed by atoms with Gasteiger partial charge in [0.1, 0.15) is 0 Å². The van der Waals surface area contributed by atoms with Crippen molar-refractivity contribution in [2.75, 3.05) is 6.54 Å². The van der Waals surface area contributed by atoms with Crippen LogP contribution in [0.3, 0.4) is 0 Å². The highest BCUT2D eigenvalue weighted by Gasteiger charge is 2.04. The van der Waals surface area contributed by atoms with Crippen molar-refractivity contribution in [1.82, 2.24) is 4.98 Å². The van der Waals surface area contributed by atoms with E-state index in [1.165, 1.54) is 0 Å². The van der Waals surface area contributed by atoms with Crippen molar-refractivity contribution in [3.05, 3.63) is 41.7 Å². The number of ketones is 1. The molecule has 0 bridgehead atoms. The van der Waals surface area contributed by atoms with Crippen molar-refractivity contribution in [1.29, 1.82) is 0 Å². The Balaban J connectivity index is 2.57.